The molecule has 1 N–H and O–H groups in total. The van der Waals surface area contributed by atoms with Crippen LogP contribution in [0.25, 0.3) is 0 Å². The number of ether oxygens (including phenoxy) is 1. The minimum atomic E-state index is -1.17. The molecular weight excluding hydrogens is 438 g/mol. The van der Waals surface area contributed by atoms with Gasteiger partial charge in [-0.1, -0.05) is 38.1 Å². The normalized spacial score (nSPS) is 16.1. The highest BCUT2D eigenvalue weighted by Crippen LogP contribution is 2.30. The van der Waals surface area contributed by atoms with Crippen molar-refractivity contribution in [3.05, 3.63) is 59.7 Å². The predicted octanol–water partition coefficient (Wildman–Crippen LogP) is 2.62. The van der Waals surface area contributed by atoms with E-state index in [0.717, 1.165) is 11.3 Å². The van der Waals surface area contributed by atoms with Gasteiger partial charge >= 0.3 is 5.97 Å². The van der Waals surface area contributed by atoms with Crippen LogP contribution in [-0.2, 0) is 19.1 Å². The van der Waals surface area contributed by atoms with Crippen LogP contribution in [0.1, 0.15) is 47.4 Å². The summed E-state index contributed by atoms with van der Waals surface area (Å²) >= 11 is 0. The van der Waals surface area contributed by atoms with E-state index in [1.165, 1.54) is 12.1 Å². The van der Waals surface area contributed by atoms with Crippen molar-refractivity contribution in [2.45, 2.75) is 32.7 Å². The second-order valence-corrected chi connectivity index (χ2v) is 8.54. The fourth-order valence-electron chi connectivity index (χ4n) is 4.26. The van der Waals surface area contributed by atoms with Crippen LogP contribution in [0, 0.1) is 5.92 Å². The Balaban J connectivity index is 1.43. The van der Waals surface area contributed by atoms with Gasteiger partial charge in [-0.25, -0.2) is 4.79 Å². The molecule has 2 aromatic carbocycles. The molecule has 9 nitrogen and oxygen atoms in total. The Morgan fingerprint density at radius 1 is 0.971 bits per heavy atom. The van der Waals surface area contributed by atoms with Crippen molar-refractivity contribution in [2.24, 2.45) is 5.92 Å². The summed E-state index contributed by atoms with van der Waals surface area (Å²) in [6.07, 6.45) is 1.20. The summed E-state index contributed by atoms with van der Waals surface area (Å²) in [4.78, 5) is 65.7. The Kier molecular flexibility index (Phi) is 6.45. The highest BCUT2D eigenvalue weighted by Gasteiger charge is 2.44. The quantitative estimate of drug-likeness (QED) is 0.499. The summed E-state index contributed by atoms with van der Waals surface area (Å²) < 4.78 is 5.22. The molecule has 0 spiro atoms. The largest absolute Gasteiger partial charge is 0.454 e. The molecule has 9 heteroatoms. The van der Waals surface area contributed by atoms with Crippen molar-refractivity contribution < 1.29 is 28.7 Å². The second-order valence-electron chi connectivity index (χ2n) is 8.54. The molecule has 0 bridgehead atoms. The number of benzene rings is 2. The van der Waals surface area contributed by atoms with Gasteiger partial charge in [0.15, 0.2) is 6.61 Å². The Morgan fingerprint density at radius 2 is 1.59 bits per heavy atom. The van der Waals surface area contributed by atoms with Crippen LogP contribution in [0.15, 0.2) is 48.5 Å². The summed E-state index contributed by atoms with van der Waals surface area (Å²) in [5.74, 6) is -3.02. The Hall–Kier alpha value is -4.01. The SMILES string of the molecule is CC(C)[C@@H](C(=O)OCC(=O)Nc1ccccc1N1CCCC1=O)N1C(=O)c2ccccc2C1=O. The summed E-state index contributed by atoms with van der Waals surface area (Å²) in [6.45, 7) is 3.35. The van der Waals surface area contributed by atoms with Crippen molar-refractivity contribution in [1.82, 2.24) is 4.90 Å². The first-order chi connectivity index (χ1) is 16.3. The molecule has 0 radical (unpaired) electrons. The molecule has 176 valence electrons. The first-order valence-electron chi connectivity index (χ1n) is 11.1. The molecular formula is C25H25N3O6. The van der Waals surface area contributed by atoms with Crippen molar-refractivity contribution in [1.29, 1.82) is 0 Å². The van der Waals surface area contributed by atoms with Crippen LogP contribution in [0.4, 0.5) is 11.4 Å². The Labute approximate surface area is 196 Å². The van der Waals surface area contributed by atoms with E-state index in [1.807, 2.05) is 0 Å². The minimum Gasteiger partial charge on any atom is -0.454 e. The van der Waals surface area contributed by atoms with Gasteiger partial charge in [-0.2, -0.15) is 0 Å². The molecule has 4 amide bonds. The zero-order valence-corrected chi connectivity index (χ0v) is 18.9. The summed E-state index contributed by atoms with van der Waals surface area (Å²) in [6, 6.07) is 12.1. The van der Waals surface area contributed by atoms with E-state index in [1.54, 1.807) is 55.1 Å². The van der Waals surface area contributed by atoms with Crippen molar-refractivity contribution in [2.75, 3.05) is 23.4 Å². The minimum absolute atomic E-state index is 0.0196. The standard InChI is InChI=1S/C25H25N3O6/c1-15(2)22(28-23(31)16-8-3-4-9-17(16)24(28)32)25(33)34-14-20(29)26-18-10-5-6-11-19(18)27-13-7-12-21(27)30/h3-6,8-11,15,22H,7,12-14H2,1-2H3,(H,26,29)/t22-/m0/s1. The predicted molar refractivity (Wildman–Crippen MR) is 123 cm³/mol. The summed E-state index contributed by atoms with van der Waals surface area (Å²) in [5.41, 5.74) is 1.48. The molecule has 4 rings (SSSR count). The monoisotopic (exact) mass is 463 g/mol. The molecule has 2 aliphatic heterocycles. The highest BCUT2D eigenvalue weighted by atomic mass is 16.5. The molecule has 34 heavy (non-hydrogen) atoms. The van der Waals surface area contributed by atoms with Gasteiger partial charge in [-0.15, -0.1) is 0 Å². The van der Waals surface area contributed by atoms with Crippen LogP contribution in [0.2, 0.25) is 0 Å². The number of rotatable bonds is 7. The lowest BCUT2D eigenvalue weighted by Gasteiger charge is -2.27. The van der Waals surface area contributed by atoms with Crippen LogP contribution in [-0.4, -0.2) is 53.7 Å². The van der Waals surface area contributed by atoms with E-state index >= 15 is 0 Å². The average Bonchev–Trinajstić information content (AvgIpc) is 3.35. The third-order valence-corrected chi connectivity index (χ3v) is 5.86. The lowest BCUT2D eigenvalue weighted by molar-refractivity contribution is -0.152. The summed E-state index contributed by atoms with van der Waals surface area (Å²) in [5, 5.41) is 2.68. The number of imide groups is 1. The van der Waals surface area contributed by atoms with Gasteiger partial charge in [0, 0.05) is 13.0 Å². The zero-order valence-electron chi connectivity index (χ0n) is 18.9. The van der Waals surface area contributed by atoms with E-state index in [4.69, 9.17) is 4.74 Å². The number of para-hydroxylation sites is 2. The smallest absolute Gasteiger partial charge is 0.330 e. The van der Waals surface area contributed by atoms with Gasteiger partial charge in [0.05, 0.1) is 22.5 Å². The molecule has 2 heterocycles. The maximum absolute atomic E-state index is 12.9. The number of anilines is 2. The average molecular weight is 463 g/mol. The fraction of sp³-hybridized carbons (Fsp3) is 0.320. The second kappa shape index (κ2) is 9.46. The number of fused-ring (bicyclic) bond motifs is 1. The maximum atomic E-state index is 12.9. The molecule has 1 fully saturated rings. The van der Waals surface area contributed by atoms with E-state index in [0.29, 0.717) is 24.3 Å². The first-order valence-corrected chi connectivity index (χ1v) is 11.1. The van der Waals surface area contributed by atoms with Gasteiger partial charge in [-0.3, -0.25) is 24.1 Å². The topological polar surface area (TPSA) is 113 Å². The van der Waals surface area contributed by atoms with Gasteiger partial charge in [0.1, 0.15) is 6.04 Å². The molecule has 0 saturated carbocycles. The van der Waals surface area contributed by atoms with Crippen LogP contribution in [0.5, 0.6) is 0 Å². The third kappa shape index (κ3) is 4.28. The molecule has 0 unspecified atom stereocenters. The van der Waals surface area contributed by atoms with E-state index in [-0.39, 0.29) is 17.0 Å². The number of hydrogen-bond donors (Lipinski definition) is 1. The lowest BCUT2D eigenvalue weighted by atomic mass is 10.0. The highest BCUT2D eigenvalue weighted by molar-refractivity contribution is 6.22. The van der Waals surface area contributed by atoms with E-state index < -0.39 is 42.3 Å². The number of nitrogens with one attached hydrogen (secondary N) is 1. The Bertz CT molecular complexity index is 1140. The van der Waals surface area contributed by atoms with Crippen LogP contribution in [0.3, 0.4) is 0 Å². The zero-order chi connectivity index (χ0) is 24.4. The number of nitrogens with zero attached hydrogens (tertiary/aromatic N) is 2. The van der Waals surface area contributed by atoms with Crippen LogP contribution < -0.4 is 10.2 Å². The number of hydrogen-bond acceptors (Lipinski definition) is 6. The van der Waals surface area contributed by atoms with Gasteiger partial charge in [-0.05, 0) is 36.6 Å². The first kappa shape index (κ1) is 23.2. The van der Waals surface area contributed by atoms with Crippen molar-refractivity contribution in [3.8, 4) is 0 Å². The van der Waals surface area contributed by atoms with Crippen molar-refractivity contribution in [3.63, 3.8) is 0 Å². The molecule has 0 aromatic heterocycles. The van der Waals surface area contributed by atoms with E-state index in [9.17, 15) is 24.0 Å². The molecule has 1 atom stereocenters. The number of esters is 1. The maximum Gasteiger partial charge on any atom is 0.330 e. The van der Waals surface area contributed by atoms with Crippen molar-refractivity contribution >= 4 is 41.0 Å². The Morgan fingerprint density at radius 3 is 2.18 bits per heavy atom. The molecule has 0 aliphatic carbocycles. The van der Waals surface area contributed by atoms with Crippen LogP contribution >= 0.6 is 0 Å². The lowest BCUT2D eigenvalue weighted by Crippen LogP contribution is -2.49. The van der Waals surface area contributed by atoms with Gasteiger partial charge in [0.25, 0.3) is 17.7 Å². The number of carbonyl (C=O) groups is 5. The fourth-order valence-corrected chi connectivity index (χ4v) is 4.26. The summed E-state index contributed by atoms with van der Waals surface area (Å²) in [7, 11) is 0. The molecule has 2 aliphatic rings. The van der Waals surface area contributed by atoms with Gasteiger partial charge < -0.3 is 15.0 Å². The number of amides is 4. The van der Waals surface area contributed by atoms with Gasteiger partial charge in [0.2, 0.25) is 5.91 Å². The third-order valence-electron chi connectivity index (χ3n) is 5.86. The molecule has 2 aromatic rings. The van der Waals surface area contributed by atoms with E-state index in [2.05, 4.69) is 5.32 Å². The number of carbonyl (C=O) groups excluding carboxylic acids is 5. The molecule has 1 saturated heterocycles.